The average molecular weight is 291 g/mol. The molecule has 1 fully saturated rings. The maximum absolute atomic E-state index is 13.7. The van der Waals surface area contributed by atoms with Gasteiger partial charge < -0.3 is 15.0 Å². The Morgan fingerprint density at radius 1 is 1.29 bits per heavy atom. The van der Waals surface area contributed by atoms with Gasteiger partial charge >= 0.3 is 0 Å². The van der Waals surface area contributed by atoms with Crippen molar-refractivity contribution in [3.63, 3.8) is 0 Å². The zero-order valence-corrected chi connectivity index (χ0v) is 11.9. The summed E-state index contributed by atoms with van der Waals surface area (Å²) in [6, 6.07) is 4.57. The first-order valence-electron chi connectivity index (χ1n) is 7.09. The van der Waals surface area contributed by atoms with Gasteiger partial charge in [-0.1, -0.05) is 24.4 Å². The molecule has 1 heterocycles. The van der Waals surface area contributed by atoms with Crippen LogP contribution in [0.1, 0.15) is 38.0 Å². The second kappa shape index (κ2) is 5.44. The van der Waals surface area contributed by atoms with Crippen LogP contribution in [0.5, 0.6) is 5.75 Å². The van der Waals surface area contributed by atoms with Gasteiger partial charge in [0.2, 0.25) is 11.7 Å². The Balaban J connectivity index is 1.89. The minimum Gasteiger partial charge on any atom is -0.494 e. The van der Waals surface area contributed by atoms with Crippen molar-refractivity contribution in [2.75, 3.05) is 7.11 Å². The van der Waals surface area contributed by atoms with Gasteiger partial charge in [0.25, 0.3) is 0 Å². The van der Waals surface area contributed by atoms with Crippen LogP contribution in [0.25, 0.3) is 11.4 Å². The molecule has 0 aliphatic heterocycles. The molecule has 1 aliphatic rings. The maximum atomic E-state index is 13.7. The number of nitrogens with zero attached hydrogens (tertiary/aromatic N) is 2. The minimum absolute atomic E-state index is 0.185. The van der Waals surface area contributed by atoms with E-state index in [2.05, 4.69) is 10.1 Å². The third-order valence-electron chi connectivity index (χ3n) is 4.01. The smallest absolute Gasteiger partial charge is 0.247 e. The van der Waals surface area contributed by atoms with E-state index in [0.29, 0.717) is 17.3 Å². The molecule has 0 unspecified atom stereocenters. The summed E-state index contributed by atoms with van der Waals surface area (Å²) >= 11 is 0. The predicted molar refractivity (Wildman–Crippen MR) is 75.2 cm³/mol. The molecular weight excluding hydrogens is 273 g/mol. The summed E-state index contributed by atoms with van der Waals surface area (Å²) < 4.78 is 23.9. The van der Waals surface area contributed by atoms with Crippen molar-refractivity contribution in [1.29, 1.82) is 0 Å². The fourth-order valence-corrected chi connectivity index (χ4v) is 2.74. The standard InChI is InChI=1S/C15H18FN3O2/c1-20-12-6-5-10(9-11(12)16)13-18-14(21-19-13)15(17)7-3-2-4-8-15/h5-6,9H,2-4,7-8,17H2,1H3. The number of halogens is 1. The molecule has 1 aliphatic carbocycles. The van der Waals surface area contributed by atoms with Crippen molar-refractivity contribution >= 4 is 0 Å². The molecule has 0 bridgehead atoms. The lowest BCUT2D eigenvalue weighted by atomic mass is 9.82. The Morgan fingerprint density at radius 3 is 2.71 bits per heavy atom. The molecule has 5 nitrogen and oxygen atoms in total. The molecule has 0 amide bonds. The summed E-state index contributed by atoms with van der Waals surface area (Å²) in [5, 5.41) is 3.93. The Morgan fingerprint density at radius 2 is 2.05 bits per heavy atom. The van der Waals surface area contributed by atoms with Crippen LogP contribution in [-0.2, 0) is 5.54 Å². The van der Waals surface area contributed by atoms with Gasteiger partial charge in [-0.05, 0) is 31.0 Å². The van der Waals surface area contributed by atoms with E-state index in [-0.39, 0.29) is 5.75 Å². The van der Waals surface area contributed by atoms with E-state index < -0.39 is 11.4 Å². The van der Waals surface area contributed by atoms with E-state index >= 15 is 0 Å². The summed E-state index contributed by atoms with van der Waals surface area (Å²) in [6.07, 6.45) is 4.98. The van der Waals surface area contributed by atoms with Crippen LogP contribution in [-0.4, -0.2) is 17.3 Å². The molecule has 1 aromatic heterocycles. The summed E-state index contributed by atoms with van der Waals surface area (Å²) in [5.41, 5.74) is 6.35. The predicted octanol–water partition coefficient (Wildman–Crippen LogP) is 3.00. The van der Waals surface area contributed by atoms with Gasteiger partial charge in [0.05, 0.1) is 12.6 Å². The van der Waals surface area contributed by atoms with Gasteiger partial charge in [-0.15, -0.1) is 0 Å². The third-order valence-corrected chi connectivity index (χ3v) is 4.01. The first-order valence-corrected chi connectivity index (χ1v) is 7.09. The lowest BCUT2D eigenvalue weighted by molar-refractivity contribution is 0.220. The number of nitrogens with two attached hydrogens (primary N) is 1. The highest BCUT2D eigenvalue weighted by molar-refractivity contribution is 5.56. The van der Waals surface area contributed by atoms with Crippen molar-refractivity contribution in [1.82, 2.24) is 10.1 Å². The lowest BCUT2D eigenvalue weighted by Gasteiger charge is -2.29. The number of benzene rings is 1. The molecule has 0 atom stereocenters. The van der Waals surface area contributed by atoms with Gasteiger partial charge in [0.15, 0.2) is 11.6 Å². The topological polar surface area (TPSA) is 74.2 Å². The highest BCUT2D eigenvalue weighted by Crippen LogP contribution is 2.34. The van der Waals surface area contributed by atoms with E-state index in [1.807, 2.05) is 0 Å². The largest absolute Gasteiger partial charge is 0.494 e. The van der Waals surface area contributed by atoms with E-state index in [1.54, 1.807) is 12.1 Å². The van der Waals surface area contributed by atoms with E-state index in [1.165, 1.54) is 19.6 Å². The summed E-state index contributed by atoms with van der Waals surface area (Å²) in [4.78, 5) is 4.36. The minimum atomic E-state index is -0.547. The van der Waals surface area contributed by atoms with Gasteiger partial charge in [-0.25, -0.2) is 4.39 Å². The van der Waals surface area contributed by atoms with Crippen LogP contribution >= 0.6 is 0 Å². The molecule has 6 heteroatoms. The number of hydrogen-bond acceptors (Lipinski definition) is 5. The van der Waals surface area contributed by atoms with Crippen molar-refractivity contribution in [3.05, 3.63) is 29.9 Å². The average Bonchev–Trinajstić information content (AvgIpc) is 2.98. The van der Waals surface area contributed by atoms with E-state index in [4.69, 9.17) is 15.0 Å². The third kappa shape index (κ3) is 2.63. The normalized spacial score (nSPS) is 17.7. The molecule has 3 rings (SSSR count). The second-order valence-corrected chi connectivity index (χ2v) is 5.49. The number of hydrogen-bond donors (Lipinski definition) is 1. The fraction of sp³-hybridized carbons (Fsp3) is 0.467. The summed E-state index contributed by atoms with van der Waals surface area (Å²) in [7, 11) is 1.42. The molecule has 0 spiro atoms. The Labute approximate surface area is 122 Å². The zero-order valence-electron chi connectivity index (χ0n) is 11.9. The van der Waals surface area contributed by atoms with Crippen molar-refractivity contribution in [2.24, 2.45) is 5.73 Å². The fourth-order valence-electron chi connectivity index (χ4n) is 2.74. The SMILES string of the molecule is COc1ccc(-c2noc(C3(N)CCCCC3)n2)cc1F. The quantitative estimate of drug-likeness (QED) is 0.941. The molecule has 112 valence electrons. The van der Waals surface area contributed by atoms with Gasteiger partial charge in [0.1, 0.15) is 0 Å². The number of aromatic nitrogens is 2. The first-order chi connectivity index (χ1) is 10.1. The van der Waals surface area contributed by atoms with Gasteiger partial charge in [-0.2, -0.15) is 4.98 Å². The summed E-state index contributed by atoms with van der Waals surface area (Å²) in [6.45, 7) is 0. The monoisotopic (exact) mass is 291 g/mol. The van der Waals surface area contributed by atoms with Crippen molar-refractivity contribution in [3.8, 4) is 17.1 Å². The molecule has 2 N–H and O–H groups in total. The van der Waals surface area contributed by atoms with Crippen LogP contribution in [0.4, 0.5) is 4.39 Å². The van der Waals surface area contributed by atoms with E-state index in [0.717, 1.165) is 25.7 Å². The van der Waals surface area contributed by atoms with E-state index in [9.17, 15) is 4.39 Å². The van der Waals surface area contributed by atoms with Crippen LogP contribution in [0, 0.1) is 5.82 Å². The summed E-state index contributed by atoms with van der Waals surface area (Å²) in [5.74, 6) is 0.516. The first kappa shape index (κ1) is 14.0. The van der Waals surface area contributed by atoms with Crippen LogP contribution in [0.3, 0.4) is 0 Å². The highest BCUT2D eigenvalue weighted by Gasteiger charge is 2.35. The molecule has 1 aromatic carbocycles. The Hall–Kier alpha value is -1.95. The highest BCUT2D eigenvalue weighted by atomic mass is 19.1. The maximum Gasteiger partial charge on any atom is 0.247 e. The number of methoxy groups -OCH3 is 1. The lowest BCUT2D eigenvalue weighted by Crippen LogP contribution is -2.38. The van der Waals surface area contributed by atoms with Crippen LogP contribution in [0.15, 0.2) is 22.7 Å². The molecule has 2 aromatic rings. The molecule has 21 heavy (non-hydrogen) atoms. The molecule has 0 saturated heterocycles. The van der Waals surface area contributed by atoms with Crippen LogP contribution in [0.2, 0.25) is 0 Å². The number of rotatable bonds is 3. The molecule has 1 saturated carbocycles. The molecule has 0 radical (unpaired) electrons. The Kier molecular flexibility index (Phi) is 3.63. The van der Waals surface area contributed by atoms with Gasteiger partial charge in [-0.3, -0.25) is 0 Å². The van der Waals surface area contributed by atoms with Gasteiger partial charge in [0, 0.05) is 5.56 Å². The van der Waals surface area contributed by atoms with Crippen molar-refractivity contribution in [2.45, 2.75) is 37.6 Å². The Bertz CT molecular complexity index is 636. The zero-order chi connectivity index (χ0) is 14.9. The van der Waals surface area contributed by atoms with Crippen LogP contribution < -0.4 is 10.5 Å². The van der Waals surface area contributed by atoms with Crippen molar-refractivity contribution < 1.29 is 13.7 Å². The number of ether oxygens (including phenoxy) is 1. The molecular formula is C15H18FN3O2. The second-order valence-electron chi connectivity index (χ2n) is 5.49.